The van der Waals surface area contributed by atoms with E-state index < -0.39 is 11.9 Å². The molecule has 2 rings (SSSR count). The van der Waals surface area contributed by atoms with Crippen LogP contribution >= 0.6 is 0 Å². The Balaban J connectivity index is 2.34. The molecule has 0 bridgehead atoms. The van der Waals surface area contributed by atoms with Crippen molar-refractivity contribution in [2.24, 2.45) is 5.92 Å². The first-order valence-electron chi connectivity index (χ1n) is 5.06. The lowest BCUT2D eigenvalue weighted by atomic mass is 10.0. The average Bonchev–Trinajstić information content (AvgIpc) is 2.73. The van der Waals surface area contributed by atoms with Gasteiger partial charge < -0.3 is 14.4 Å². The Bertz CT molecular complexity index is 364. The second kappa shape index (κ2) is 3.70. The number of rotatable bonds is 2. The van der Waals surface area contributed by atoms with E-state index in [0.29, 0.717) is 13.2 Å². The van der Waals surface area contributed by atoms with Gasteiger partial charge in [-0.25, -0.2) is 0 Å². The lowest BCUT2D eigenvalue weighted by Crippen LogP contribution is -2.26. The third-order valence-corrected chi connectivity index (χ3v) is 3.03. The molecule has 2 heterocycles. The minimum atomic E-state index is -0.773. The molecule has 15 heavy (non-hydrogen) atoms. The molecule has 1 saturated heterocycles. The summed E-state index contributed by atoms with van der Waals surface area (Å²) < 4.78 is 7.32. The molecular weight excluding hydrogens is 194 g/mol. The first-order chi connectivity index (χ1) is 7.11. The van der Waals surface area contributed by atoms with E-state index in [1.54, 1.807) is 0 Å². The summed E-state index contributed by atoms with van der Waals surface area (Å²) in [5.41, 5.74) is 2.18. The lowest BCUT2D eigenvalue weighted by Gasteiger charge is -2.19. The van der Waals surface area contributed by atoms with Crippen LogP contribution in [0.25, 0.3) is 0 Å². The molecule has 0 spiro atoms. The van der Waals surface area contributed by atoms with Crippen LogP contribution in [0.1, 0.15) is 17.4 Å². The minimum Gasteiger partial charge on any atom is -0.481 e. The number of hydrogen-bond acceptors (Lipinski definition) is 2. The monoisotopic (exact) mass is 209 g/mol. The van der Waals surface area contributed by atoms with Crippen LogP contribution in [0.15, 0.2) is 12.1 Å². The minimum absolute atomic E-state index is 0.0579. The molecule has 2 atom stereocenters. The predicted molar refractivity (Wildman–Crippen MR) is 54.9 cm³/mol. The largest absolute Gasteiger partial charge is 0.481 e. The van der Waals surface area contributed by atoms with Gasteiger partial charge in [0.2, 0.25) is 0 Å². The lowest BCUT2D eigenvalue weighted by molar-refractivity contribution is -0.142. The van der Waals surface area contributed by atoms with Crippen LogP contribution in [0.3, 0.4) is 0 Å². The molecule has 4 heteroatoms. The van der Waals surface area contributed by atoms with E-state index in [1.807, 2.05) is 26.0 Å². The molecular formula is C11H15NO3. The molecule has 1 aromatic heterocycles. The Morgan fingerprint density at radius 2 is 2.00 bits per heavy atom. The van der Waals surface area contributed by atoms with Crippen molar-refractivity contribution < 1.29 is 14.6 Å². The van der Waals surface area contributed by atoms with Crippen molar-refractivity contribution in [1.82, 2.24) is 4.57 Å². The van der Waals surface area contributed by atoms with Gasteiger partial charge in [-0.3, -0.25) is 4.79 Å². The van der Waals surface area contributed by atoms with Crippen LogP contribution in [0.4, 0.5) is 0 Å². The third-order valence-electron chi connectivity index (χ3n) is 3.03. The zero-order valence-corrected chi connectivity index (χ0v) is 8.93. The fraction of sp³-hybridized carbons (Fsp3) is 0.545. The van der Waals surface area contributed by atoms with Gasteiger partial charge in [0.1, 0.15) is 5.92 Å². The number of hydrogen-bond donors (Lipinski definition) is 1. The van der Waals surface area contributed by atoms with Gasteiger partial charge in [-0.05, 0) is 26.0 Å². The topological polar surface area (TPSA) is 51.5 Å². The van der Waals surface area contributed by atoms with Crippen LogP contribution in [-0.2, 0) is 9.53 Å². The van der Waals surface area contributed by atoms with Gasteiger partial charge in [0.05, 0.1) is 19.3 Å². The summed E-state index contributed by atoms with van der Waals surface area (Å²) in [7, 11) is 0. The maximum absolute atomic E-state index is 11.0. The van der Waals surface area contributed by atoms with E-state index in [0.717, 1.165) is 11.4 Å². The van der Waals surface area contributed by atoms with Crippen LogP contribution < -0.4 is 0 Å². The molecule has 82 valence electrons. The summed E-state index contributed by atoms with van der Waals surface area (Å²) in [6, 6.07) is 3.96. The van der Waals surface area contributed by atoms with E-state index in [9.17, 15) is 4.79 Å². The van der Waals surface area contributed by atoms with Gasteiger partial charge in [-0.15, -0.1) is 0 Å². The second-order valence-corrected chi connectivity index (χ2v) is 4.04. The molecule has 1 fully saturated rings. The molecule has 2 unspecified atom stereocenters. The number of aromatic nitrogens is 1. The van der Waals surface area contributed by atoms with Crippen LogP contribution in [0.5, 0.6) is 0 Å². The number of carboxylic acids is 1. The number of aliphatic carboxylic acids is 1. The number of aryl methyl sites for hydroxylation is 2. The van der Waals surface area contributed by atoms with Gasteiger partial charge in [0.15, 0.2) is 0 Å². The molecule has 0 saturated carbocycles. The van der Waals surface area contributed by atoms with Crippen LogP contribution in [-0.4, -0.2) is 28.9 Å². The van der Waals surface area contributed by atoms with Crippen LogP contribution in [0, 0.1) is 19.8 Å². The van der Waals surface area contributed by atoms with Crippen LogP contribution in [0.2, 0.25) is 0 Å². The predicted octanol–water partition coefficient (Wildman–Crippen LogP) is 1.38. The summed E-state index contributed by atoms with van der Waals surface area (Å²) in [5.74, 6) is -1.19. The Hall–Kier alpha value is -1.29. The SMILES string of the molecule is Cc1ccc(C)n1C1COCC1C(=O)O. The smallest absolute Gasteiger partial charge is 0.311 e. The fourth-order valence-corrected chi connectivity index (χ4v) is 2.24. The van der Waals surface area contributed by atoms with E-state index in [-0.39, 0.29) is 6.04 Å². The molecule has 0 aliphatic carbocycles. The highest BCUT2D eigenvalue weighted by molar-refractivity contribution is 5.71. The van der Waals surface area contributed by atoms with Crippen molar-refractivity contribution in [3.05, 3.63) is 23.5 Å². The van der Waals surface area contributed by atoms with Crippen molar-refractivity contribution in [2.75, 3.05) is 13.2 Å². The summed E-state index contributed by atoms with van der Waals surface area (Å²) in [5, 5.41) is 9.07. The van der Waals surface area contributed by atoms with Crippen molar-refractivity contribution in [3.63, 3.8) is 0 Å². The molecule has 1 aromatic rings. The van der Waals surface area contributed by atoms with Crippen molar-refractivity contribution in [1.29, 1.82) is 0 Å². The van der Waals surface area contributed by atoms with Gasteiger partial charge >= 0.3 is 5.97 Å². The van der Waals surface area contributed by atoms with E-state index >= 15 is 0 Å². The maximum Gasteiger partial charge on any atom is 0.311 e. The van der Waals surface area contributed by atoms with Crippen molar-refractivity contribution in [2.45, 2.75) is 19.9 Å². The van der Waals surface area contributed by atoms with E-state index in [1.165, 1.54) is 0 Å². The van der Waals surface area contributed by atoms with Gasteiger partial charge in [-0.1, -0.05) is 0 Å². The summed E-state index contributed by atoms with van der Waals surface area (Å²) in [6.45, 7) is 4.79. The Kier molecular flexibility index (Phi) is 2.52. The first kappa shape index (κ1) is 10.2. The zero-order valence-electron chi connectivity index (χ0n) is 8.93. The summed E-state index contributed by atoms with van der Waals surface area (Å²) in [6.07, 6.45) is 0. The molecule has 1 N–H and O–H groups in total. The number of carbonyl (C=O) groups is 1. The second-order valence-electron chi connectivity index (χ2n) is 4.04. The molecule has 1 aliphatic rings. The van der Waals surface area contributed by atoms with E-state index in [2.05, 4.69) is 4.57 Å². The Labute approximate surface area is 88.5 Å². The molecule has 1 aliphatic heterocycles. The first-order valence-corrected chi connectivity index (χ1v) is 5.06. The summed E-state index contributed by atoms with van der Waals surface area (Å²) in [4.78, 5) is 11.0. The molecule has 4 nitrogen and oxygen atoms in total. The van der Waals surface area contributed by atoms with E-state index in [4.69, 9.17) is 9.84 Å². The Morgan fingerprint density at radius 3 is 2.53 bits per heavy atom. The maximum atomic E-state index is 11.0. The third kappa shape index (κ3) is 1.65. The number of carboxylic acid groups (broad SMARTS) is 1. The zero-order chi connectivity index (χ0) is 11.0. The van der Waals surface area contributed by atoms with Gasteiger partial charge in [0.25, 0.3) is 0 Å². The highest BCUT2D eigenvalue weighted by atomic mass is 16.5. The number of ether oxygens (including phenoxy) is 1. The number of nitrogens with zero attached hydrogens (tertiary/aromatic N) is 1. The average molecular weight is 209 g/mol. The van der Waals surface area contributed by atoms with Gasteiger partial charge in [-0.2, -0.15) is 0 Å². The normalized spacial score (nSPS) is 25.7. The highest BCUT2D eigenvalue weighted by Crippen LogP contribution is 2.29. The van der Waals surface area contributed by atoms with Crippen molar-refractivity contribution in [3.8, 4) is 0 Å². The fourth-order valence-electron chi connectivity index (χ4n) is 2.24. The summed E-state index contributed by atoms with van der Waals surface area (Å²) >= 11 is 0. The quantitative estimate of drug-likeness (QED) is 0.800. The molecule has 0 radical (unpaired) electrons. The Morgan fingerprint density at radius 1 is 1.40 bits per heavy atom. The standard InChI is InChI=1S/C11H15NO3/c1-7-3-4-8(2)12(7)10-6-15-5-9(10)11(13)14/h3-4,9-10H,5-6H2,1-2H3,(H,13,14). The van der Waals surface area contributed by atoms with Gasteiger partial charge in [0, 0.05) is 11.4 Å². The molecule has 0 amide bonds. The molecule has 0 aromatic carbocycles. The highest BCUT2D eigenvalue weighted by Gasteiger charge is 2.36. The van der Waals surface area contributed by atoms with Crippen molar-refractivity contribution >= 4 is 5.97 Å².